The van der Waals surface area contributed by atoms with Gasteiger partial charge in [-0.2, -0.15) is 0 Å². The summed E-state index contributed by atoms with van der Waals surface area (Å²) >= 11 is 9.40. The molecule has 0 saturated carbocycles. The number of thioether (sulfide) groups is 2. The lowest BCUT2D eigenvalue weighted by Gasteiger charge is -2.04. The van der Waals surface area contributed by atoms with Gasteiger partial charge in [-0.1, -0.05) is 11.6 Å². The summed E-state index contributed by atoms with van der Waals surface area (Å²) in [5, 5.41) is 0.594. The number of benzene rings is 2. The number of nitrogens with two attached hydrogens (primary N) is 1. The Hall–Kier alpha value is -0.840. The van der Waals surface area contributed by atoms with Crippen LogP contribution in [0.2, 0.25) is 5.02 Å². The van der Waals surface area contributed by atoms with Crippen LogP contribution >= 0.6 is 35.1 Å². The molecule has 2 rings (SSSR count). The number of nitrogen functional groups attached to an aromatic ring is 1. The summed E-state index contributed by atoms with van der Waals surface area (Å²) in [6, 6.07) is 12.2. The molecule has 0 amide bonds. The largest absolute Gasteiger partial charge is 0.398 e. The molecule has 0 heterocycles. The summed E-state index contributed by atoms with van der Waals surface area (Å²) in [7, 11) is 0. The first-order chi connectivity index (χ1) is 9.15. The van der Waals surface area contributed by atoms with E-state index in [-0.39, 0.29) is 5.82 Å². The second kappa shape index (κ2) is 7.08. The molecule has 0 unspecified atom stereocenters. The first kappa shape index (κ1) is 14.6. The van der Waals surface area contributed by atoms with Crippen molar-refractivity contribution < 1.29 is 4.39 Å². The van der Waals surface area contributed by atoms with Crippen molar-refractivity contribution in [2.24, 2.45) is 0 Å². The quantitative estimate of drug-likeness (QED) is 0.481. The van der Waals surface area contributed by atoms with Gasteiger partial charge in [0.15, 0.2) is 0 Å². The zero-order valence-corrected chi connectivity index (χ0v) is 12.5. The van der Waals surface area contributed by atoms with Gasteiger partial charge in [-0.3, -0.25) is 0 Å². The third-order valence-electron chi connectivity index (χ3n) is 2.41. The molecule has 0 radical (unpaired) electrons. The minimum absolute atomic E-state index is 0.199. The van der Waals surface area contributed by atoms with Crippen LogP contribution in [0.25, 0.3) is 0 Å². The predicted octanol–water partition coefficient (Wildman–Crippen LogP) is 4.95. The molecule has 0 bridgehead atoms. The molecule has 0 fully saturated rings. The topological polar surface area (TPSA) is 26.0 Å². The summed E-state index contributed by atoms with van der Waals surface area (Å²) in [5.74, 6) is 1.72. The summed E-state index contributed by atoms with van der Waals surface area (Å²) in [6.07, 6.45) is 0. The van der Waals surface area contributed by atoms with Crippen LogP contribution in [-0.2, 0) is 0 Å². The third-order valence-corrected chi connectivity index (χ3v) is 5.00. The zero-order chi connectivity index (χ0) is 13.7. The molecular weight excluding hydrogens is 301 g/mol. The van der Waals surface area contributed by atoms with Crippen LogP contribution in [0, 0.1) is 5.82 Å². The molecule has 0 spiro atoms. The molecule has 0 saturated heterocycles. The van der Waals surface area contributed by atoms with E-state index in [0.29, 0.717) is 10.7 Å². The molecule has 0 aliphatic carbocycles. The molecule has 19 heavy (non-hydrogen) atoms. The molecule has 0 aliphatic rings. The molecule has 2 aromatic rings. The number of anilines is 1. The second-order valence-corrected chi connectivity index (χ2v) is 6.58. The number of hydrogen-bond acceptors (Lipinski definition) is 3. The van der Waals surface area contributed by atoms with Crippen molar-refractivity contribution in [3.8, 4) is 0 Å². The summed E-state index contributed by atoms with van der Waals surface area (Å²) in [6.45, 7) is 0. The lowest BCUT2D eigenvalue weighted by atomic mass is 10.3. The van der Waals surface area contributed by atoms with E-state index < -0.39 is 0 Å². The summed E-state index contributed by atoms with van der Waals surface area (Å²) in [4.78, 5) is 2.19. The van der Waals surface area contributed by atoms with Crippen LogP contribution in [0.1, 0.15) is 0 Å². The van der Waals surface area contributed by atoms with Gasteiger partial charge in [0.1, 0.15) is 5.82 Å². The third kappa shape index (κ3) is 4.64. The molecular formula is C14H13ClFNS2. The van der Waals surface area contributed by atoms with Crippen LogP contribution in [0.15, 0.2) is 52.3 Å². The maximum atomic E-state index is 12.7. The SMILES string of the molecule is Nc1ccc(SCCSc2ccc(F)cc2)cc1Cl. The molecule has 2 N–H and O–H groups in total. The van der Waals surface area contributed by atoms with Crippen molar-refractivity contribution in [3.05, 3.63) is 53.3 Å². The van der Waals surface area contributed by atoms with Gasteiger partial charge in [0.2, 0.25) is 0 Å². The Kier molecular flexibility index (Phi) is 5.43. The molecule has 5 heteroatoms. The maximum Gasteiger partial charge on any atom is 0.123 e. The highest BCUT2D eigenvalue weighted by atomic mass is 35.5. The van der Waals surface area contributed by atoms with E-state index in [2.05, 4.69) is 0 Å². The van der Waals surface area contributed by atoms with Crippen LogP contribution in [0.4, 0.5) is 10.1 Å². The Morgan fingerprint density at radius 3 is 2.16 bits per heavy atom. The van der Waals surface area contributed by atoms with Gasteiger partial charge in [-0.15, -0.1) is 23.5 Å². The van der Waals surface area contributed by atoms with E-state index in [1.165, 1.54) is 12.1 Å². The average Bonchev–Trinajstić information content (AvgIpc) is 2.41. The van der Waals surface area contributed by atoms with Crippen molar-refractivity contribution in [2.45, 2.75) is 9.79 Å². The standard InChI is InChI=1S/C14H13ClFNS2/c15-13-9-12(5-6-14(13)17)19-8-7-18-11-3-1-10(16)2-4-11/h1-6,9H,7-8,17H2. The van der Waals surface area contributed by atoms with Gasteiger partial charge in [0.25, 0.3) is 0 Å². The molecule has 0 aromatic heterocycles. The number of hydrogen-bond donors (Lipinski definition) is 1. The highest BCUT2D eigenvalue weighted by molar-refractivity contribution is 8.03. The Morgan fingerprint density at radius 1 is 0.947 bits per heavy atom. The first-order valence-electron chi connectivity index (χ1n) is 5.71. The van der Waals surface area contributed by atoms with E-state index in [9.17, 15) is 4.39 Å². The normalized spacial score (nSPS) is 10.6. The Bertz CT molecular complexity index is 546. The second-order valence-electron chi connectivity index (χ2n) is 3.83. The van der Waals surface area contributed by atoms with Gasteiger partial charge in [-0.05, 0) is 42.5 Å². The Balaban J connectivity index is 1.77. The molecule has 0 aliphatic heterocycles. The van der Waals surface area contributed by atoms with Gasteiger partial charge in [0.05, 0.1) is 10.7 Å². The molecule has 0 atom stereocenters. The van der Waals surface area contributed by atoms with Crippen LogP contribution in [0.3, 0.4) is 0 Å². The highest BCUT2D eigenvalue weighted by Crippen LogP contribution is 2.27. The van der Waals surface area contributed by atoms with Crippen molar-refractivity contribution >= 4 is 40.8 Å². The van der Waals surface area contributed by atoms with Crippen LogP contribution < -0.4 is 5.73 Å². The zero-order valence-electron chi connectivity index (χ0n) is 10.1. The summed E-state index contributed by atoms with van der Waals surface area (Å²) < 4.78 is 12.7. The molecule has 2 aromatic carbocycles. The Labute approximate surface area is 125 Å². The monoisotopic (exact) mass is 313 g/mol. The Morgan fingerprint density at radius 2 is 1.53 bits per heavy atom. The van der Waals surface area contributed by atoms with E-state index in [4.69, 9.17) is 17.3 Å². The maximum absolute atomic E-state index is 12.7. The number of halogens is 2. The number of rotatable bonds is 5. The molecule has 1 nitrogen and oxygen atoms in total. The lowest BCUT2D eigenvalue weighted by molar-refractivity contribution is 0.626. The van der Waals surface area contributed by atoms with E-state index in [0.717, 1.165) is 21.3 Å². The van der Waals surface area contributed by atoms with Gasteiger partial charge >= 0.3 is 0 Å². The van der Waals surface area contributed by atoms with Crippen LogP contribution in [-0.4, -0.2) is 11.5 Å². The van der Waals surface area contributed by atoms with E-state index >= 15 is 0 Å². The smallest absolute Gasteiger partial charge is 0.123 e. The minimum Gasteiger partial charge on any atom is -0.398 e. The van der Waals surface area contributed by atoms with Gasteiger partial charge in [-0.25, -0.2) is 4.39 Å². The van der Waals surface area contributed by atoms with Gasteiger partial charge in [0, 0.05) is 21.3 Å². The van der Waals surface area contributed by atoms with Crippen LogP contribution in [0.5, 0.6) is 0 Å². The average molecular weight is 314 g/mol. The van der Waals surface area contributed by atoms with Crippen molar-refractivity contribution in [1.29, 1.82) is 0 Å². The van der Waals surface area contributed by atoms with Crippen molar-refractivity contribution in [1.82, 2.24) is 0 Å². The highest BCUT2D eigenvalue weighted by Gasteiger charge is 2.00. The fraction of sp³-hybridized carbons (Fsp3) is 0.143. The van der Waals surface area contributed by atoms with E-state index in [1.807, 2.05) is 18.2 Å². The van der Waals surface area contributed by atoms with E-state index in [1.54, 1.807) is 35.7 Å². The van der Waals surface area contributed by atoms with Crippen molar-refractivity contribution in [2.75, 3.05) is 17.2 Å². The van der Waals surface area contributed by atoms with Gasteiger partial charge < -0.3 is 5.73 Å². The molecule has 100 valence electrons. The summed E-state index contributed by atoms with van der Waals surface area (Å²) in [5.41, 5.74) is 6.26. The minimum atomic E-state index is -0.199. The predicted molar refractivity (Wildman–Crippen MR) is 83.7 cm³/mol. The first-order valence-corrected chi connectivity index (χ1v) is 8.06. The fourth-order valence-electron chi connectivity index (χ4n) is 1.45. The fourth-order valence-corrected chi connectivity index (χ4v) is 3.52. The lowest BCUT2D eigenvalue weighted by Crippen LogP contribution is -1.88. The van der Waals surface area contributed by atoms with Crippen molar-refractivity contribution in [3.63, 3.8) is 0 Å².